The minimum atomic E-state index is 0.734. The number of rotatable bonds is 5. The number of fused-ring (bicyclic) bond motifs is 1. The van der Waals surface area contributed by atoms with E-state index < -0.39 is 0 Å². The van der Waals surface area contributed by atoms with Crippen LogP contribution in [0, 0.1) is 0 Å². The molecule has 3 nitrogen and oxygen atoms in total. The lowest BCUT2D eigenvalue weighted by atomic mass is 10.0. The summed E-state index contributed by atoms with van der Waals surface area (Å²) in [5, 5.41) is 4.56. The summed E-state index contributed by atoms with van der Waals surface area (Å²) in [6, 6.07) is 28.9. The van der Waals surface area contributed by atoms with Gasteiger partial charge in [0.15, 0.2) is 0 Å². The monoisotopic (exact) mass is 340 g/mol. The molecule has 3 heteroatoms. The van der Waals surface area contributed by atoms with Crippen LogP contribution in [0.3, 0.4) is 0 Å². The van der Waals surface area contributed by atoms with Crippen LogP contribution in [0.1, 0.15) is 5.56 Å². The average molecular weight is 340 g/mol. The zero-order chi connectivity index (χ0) is 17.8. The summed E-state index contributed by atoms with van der Waals surface area (Å²) < 4.78 is 5.38. The normalized spacial score (nSPS) is 10.7. The van der Waals surface area contributed by atoms with Crippen molar-refractivity contribution in [3.8, 4) is 16.9 Å². The number of nitrogens with one attached hydrogen (secondary N) is 1. The molecule has 0 fully saturated rings. The van der Waals surface area contributed by atoms with Crippen molar-refractivity contribution >= 4 is 16.7 Å². The van der Waals surface area contributed by atoms with Crippen LogP contribution in [0.2, 0.25) is 0 Å². The molecule has 0 bridgehead atoms. The summed E-state index contributed by atoms with van der Waals surface area (Å²) in [6.07, 6.45) is 0. The van der Waals surface area contributed by atoms with Crippen molar-refractivity contribution in [2.24, 2.45) is 0 Å². The Kier molecular flexibility index (Phi) is 4.52. The third-order valence-corrected chi connectivity index (χ3v) is 4.42. The Morgan fingerprint density at radius 3 is 2.31 bits per heavy atom. The number of anilines is 1. The number of nitrogens with zero attached hydrogens (tertiary/aromatic N) is 1. The van der Waals surface area contributed by atoms with Crippen LogP contribution in [-0.2, 0) is 6.54 Å². The van der Waals surface area contributed by atoms with Crippen LogP contribution >= 0.6 is 0 Å². The maximum absolute atomic E-state index is 5.38. The van der Waals surface area contributed by atoms with Crippen LogP contribution in [0.5, 0.6) is 5.75 Å². The van der Waals surface area contributed by atoms with Crippen LogP contribution in [-0.4, -0.2) is 12.1 Å². The van der Waals surface area contributed by atoms with Crippen molar-refractivity contribution in [1.82, 2.24) is 4.98 Å². The van der Waals surface area contributed by atoms with Crippen molar-refractivity contribution in [2.75, 3.05) is 12.4 Å². The second-order valence-corrected chi connectivity index (χ2v) is 6.14. The van der Waals surface area contributed by atoms with Crippen LogP contribution in [0.4, 0.5) is 5.82 Å². The van der Waals surface area contributed by atoms with Gasteiger partial charge in [-0.15, -0.1) is 0 Å². The van der Waals surface area contributed by atoms with Gasteiger partial charge in [0.05, 0.1) is 12.6 Å². The second-order valence-electron chi connectivity index (χ2n) is 6.14. The van der Waals surface area contributed by atoms with E-state index >= 15 is 0 Å². The quantitative estimate of drug-likeness (QED) is 0.519. The van der Waals surface area contributed by atoms with Crippen LogP contribution in [0.15, 0.2) is 84.9 Å². The number of aromatic nitrogens is 1. The first-order valence-corrected chi connectivity index (χ1v) is 8.65. The number of hydrogen-bond acceptors (Lipinski definition) is 3. The van der Waals surface area contributed by atoms with Crippen LogP contribution in [0.25, 0.3) is 22.0 Å². The molecule has 26 heavy (non-hydrogen) atoms. The van der Waals surface area contributed by atoms with Gasteiger partial charge in [0, 0.05) is 18.0 Å². The summed E-state index contributed by atoms with van der Waals surface area (Å²) in [4.78, 5) is 4.79. The Hall–Kier alpha value is -3.33. The van der Waals surface area contributed by atoms with E-state index in [-0.39, 0.29) is 0 Å². The van der Waals surface area contributed by atoms with E-state index in [1.165, 1.54) is 11.1 Å². The van der Waals surface area contributed by atoms with Gasteiger partial charge in [-0.25, -0.2) is 4.98 Å². The molecule has 0 radical (unpaired) electrons. The highest BCUT2D eigenvalue weighted by Gasteiger charge is 2.09. The molecule has 1 N–H and O–H groups in total. The molecule has 1 heterocycles. The van der Waals surface area contributed by atoms with Gasteiger partial charge in [-0.1, -0.05) is 60.7 Å². The summed E-state index contributed by atoms with van der Waals surface area (Å²) in [5.41, 5.74) is 4.48. The minimum Gasteiger partial charge on any atom is -0.497 e. The molecule has 0 aliphatic heterocycles. The molecule has 128 valence electrons. The average Bonchev–Trinajstić information content (AvgIpc) is 2.72. The minimum absolute atomic E-state index is 0.734. The number of benzene rings is 3. The molecule has 0 amide bonds. The molecule has 0 atom stereocenters. The summed E-state index contributed by atoms with van der Waals surface area (Å²) in [5.74, 6) is 1.66. The Labute approximate surface area is 153 Å². The van der Waals surface area contributed by atoms with E-state index in [1.807, 2.05) is 36.4 Å². The van der Waals surface area contributed by atoms with Gasteiger partial charge in [-0.3, -0.25) is 0 Å². The fourth-order valence-corrected chi connectivity index (χ4v) is 3.07. The summed E-state index contributed by atoms with van der Waals surface area (Å²) in [7, 11) is 1.68. The highest BCUT2D eigenvalue weighted by Crippen LogP contribution is 2.32. The van der Waals surface area contributed by atoms with E-state index in [9.17, 15) is 0 Å². The van der Waals surface area contributed by atoms with E-state index in [1.54, 1.807) is 7.11 Å². The lowest BCUT2D eigenvalue weighted by Crippen LogP contribution is -2.02. The second kappa shape index (κ2) is 7.28. The zero-order valence-electron chi connectivity index (χ0n) is 14.6. The van der Waals surface area contributed by atoms with E-state index in [2.05, 4.69) is 53.8 Å². The fraction of sp³-hybridized carbons (Fsp3) is 0.0870. The predicted molar refractivity (Wildman–Crippen MR) is 107 cm³/mol. The van der Waals surface area contributed by atoms with Gasteiger partial charge in [-0.05, 0) is 34.9 Å². The lowest BCUT2D eigenvalue weighted by molar-refractivity contribution is 0.415. The van der Waals surface area contributed by atoms with E-state index in [4.69, 9.17) is 9.72 Å². The molecule has 0 aliphatic rings. The number of pyridine rings is 1. The van der Waals surface area contributed by atoms with Gasteiger partial charge < -0.3 is 10.1 Å². The van der Waals surface area contributed by atoms with Gasteiger partial charge in [0.1, 0.15) is 11.6 Å². The number of ether oxygens (including phenoxy) is 1. The Bertz CT molecular complexity index is 1010. The third-order valence-electron chi connectivity index (χ3n) is 4.42. The molecule has 3 aromatic carbocycles. The van der Waals surface area contributed by atoms with Crippen LogP contribution < -0.4 is 10.1 Å². The lowest BCUT2D eigenvalue weighted by Gasteiger charge is -2.12. The molecule has 0 saturated carbocycles. The van der Waals surface area contributed by atoms with Gasteiger partial charge in [0.2, 0.25) is 0 Å². The van der Waals surface area contributed by atoms with Gasteiger partial charge in [-0.2, -0.15) is 0 Å². The van der Waals surface area contributed by atoms with Crippen molar-refractivity contribution in [3.05, 3.63) is 90.5 Å². The van der Waals surface area contributed by atoms with E-state index in [0.29, 0.717) is 0 Å². The third kappa shape index (κ3) is 3.38. The maximum Gasteiger partial charge on any atom is 0.127 e. The predicted octanol–water partition coefficient (Wildman–Crippen LogP) is 5.52. The summed E-state index contributed by atoms with van der Waals surface area (Å²) in [6.45, 7) is 0.734. The Morgan fingerprint density at radius 2 is 1.58 bits per heavy atom. The zero-order valence-corrected chi connectivity index (χ0v) is 14.6. The molecule has 0 aliphatic carbocycles. The molecular formula is C23H20N2O. The molecule has 4 aromatic rings. The largest absolute Gasteiger partial charge is 0.497 e. The van der Waals surface area contributed by atoms with Gasteiger partial charge in [0.25, 0.3) is 0 Å². The highest BCUT2D eigenvalue weighted by atomic mass is 16.5. The maximum atomic E-state index is 5.38. The smallest absolute Gasteiger partial charge is 0.127 e. The first-order chi connectivity index (χ1) is 12.8. The molecule has 0 saturated heterocycles. The van der Waals surface area contributed by atoms with E-state index in [0.717, 1.165) is 34.6 Å². The number of hydrogen-bond donors (Lipinski definition) is 1. The van der Waals surface area contributed by atoms with Crippen molar-refractivity contribution in [1.29, 1.82) is 0 Å². The Balaban J connectivity index is 1.77. The highest BCUT2D eigenvalue weighted by molar-refractivity contribution is 5.96. The fourth-order valence-electron chi connectivity index (χ4n) is 3.07. The summed E-state index contributed by atoms with van der Waals surface area (Å²) >= 11 is 0. The number of methoxy groups -OCH3 is 1. The topological polar surface area (TPSA) is 34.1 Å². The SMILES string of the molecule is COc1ccc2c(-c3ccccc3)cc(NCc3ccccc3)nc2c1. The molecule has 4 rings (SSSR count). The molecule has 0 spiro atoms. The van der Waals surface area contributed by atoms with Crippen molar-refractivity contribution < 1.29 is 4.74 Å². The van der Waals surface area contributed by atoms with Gasteiger partial charge >= 0.3 is 0 Å². The van der Waals surface area contributed by atoms with Crippen molar-refractivity contribution in [3.63, 3.8) is 0 Å². The standard InChI is InChI=1S/C23H20N2O/c1-26-19-12-13-20-21(18-10-6-3-7-11-18)15-23(25-22(20)14-19)24-16-17-8-4-2-5-9-17/h2-15H,16H2,1H3,(H,24,25). The first kappa shape index (κ1) is 16.2. The Morgan fingerprint density at radius 1 is 0.846 bits per heavy atom. The molecular weight excluding hydrogens is 320 g/mol. The molecule has 1 aromatic heterocycles. The molecule has 0 unspecified atom stereocenters. The van der Waals surface area contributed by atoms with Crippen molar-refractivity contribution in [2.45, 2.75) is 6.54 Å². The first-order valence-electron chi connectivity index (χ1n) is 8.65.